The van der Waals surface area contributed by atoms with Crippen LogP contribution >= 0.6 is 0 Å². The number of hydrogen-bond donors (Lipinski definition) is 2. The van der Waals surface area contributed by atoms with Crippen molar-refractivity contribution in [1.82, 2.24) is 15.5 Å². The predicted molar refractivity (Wildman–Crippen MR) is 77.4 cm³/mol. The summed E-state index contributed by atoms with van der Waals surface area (Å²) >= 11 is 0. The zero-order valence-corrected chi connectivity index (χ0v) is 12.7. The van der Waals surface area contributed by atoms with Gasteiger partial charge in [-0.1, -0.05) is 19.3 Å². The number of esters is 1. The van der Waals surface area contributed by atoms with Gasteiger partial charge in [0.05, 0.1) is 12.3 Å². The van der Waals surface area contributed by atoms with Gasteiger partial charge in [-0.05, 0) is 33.6 Å². The first-order chi connectivity index (χ1) is 9.63. The number of aromatic nitrogens is 2. The summed E-state index contributed by atoms with van der Waals surface area (Å²) in [5, 5.41) is 10.6. The fourth-order valence-electron chi connectivity index (χ4n) is 2.98. The lowest BCUT2D eigenvalue weighted by atomic mass is 9.93. The Bertz CT molecular complexity index is 430. The molecule has 1 aliphatic rings. The van der Waals surface area contributed by atoms with Crippen LogP contribution in [0.15, 0.2) is 0 Å². The smallest absolute Gasteiger partial charge is 0.327 e. The lowest BCUT2D eigenvalue weighted by Crippen LogP contribution is -2.39. The first-order valence-corrected chi connectivity index (χ1v) is 7.57. The predicted octanol–water partition coefficient (Wildman–Crippen LogP) is 2.55. The molecule has 20 heavy (non-hydrogen) atoms. The van der Waals surface area contributed by atoms with Gasteiger partial charge in [-0.25, -0.2) is 4.79 Å². The maximum absolute atomic E-state index is 12.3. The van der Waals surface area contributed by atoms with E-state index in [2.05, 4.69) is 15.5 Å². The van der Waals surface area contributed by atoms with E-state index in [1.54, 1.807) is 0 Å². The van der Waals surface area contributed by atoms with Crippen LogP contribution < -0.4 is 5.32 Å². The monoisotopic (exact) mass is 279 g/mol. The van der Waals surface area contributed by atoms with Gasteiger partial charge >= 0.3 is 5.97 Å². The molecule has 2 N–H and O–H groups in total. The van der Waals surface area contributed by atoms with Gasteiger partial charge in [0.25, 0.3) is 0 Å². The number of carbonyl (C=O) groups is 1. The van der Waals surface area contributed by atoms with Crippen LogP contribution in [0.4, 0.5) is 0 Å². The molecule has 5 heteroatoms. The summed E-state index contributed by atoms with van der Waals surface area (Å²) in [6, 6.07) is -0.0105. The molecular weight excluding hydrogens is 254 g/mol. The van der Waals surface area contributed by atoms with Crippen molar-refractivity contribution in [2.75, 3.05) is 6.61 Å². The fourth-order valence-corrected chi connectivity index (χ4v) is 2.98. The highest BCUT2D eigenvalue weighted by atomic mass is 16.5. The zero-order chi connectivity index (χ0) is 14.5. The van der Waals surface area contributed by atoms with Gasteiger partial charge in [-0.2, -0.15) is 5.10 Å². The molecule has 1 heterocycles. The number of hydrogen-bond acceptors (Lipinski definition) is 4. The van der Waals surface area contributed by atoms with E-state index in [0.29, 0.717) is 12.6 Å². The molecule has 0 bridgehead atoms. The number of carbonyl (C=O) groups excluding carboxylic acids is 1. The third-order valence-corrected chi connectivity index (χ3v) is 4.00. The summed E-state index contributed by atoms with van der Waals surface area (Å²) in [4.78, 5) is 12.3. The summed E-state index contributed by atoms with van der Waals surface area (Å²) in [7, 11) is 0. The number of nitrogens with zero attached hydrogens (tertiary/aromatic N) is 1. The van der Waals surface area contributed by atoms with Gasteiger partial charge in [-0.3, -0.25) is 10.4 Å². The Morgan fingerprint density at radius 2 is 2.10 bits per heavy atom. The lowest BCUT2D eigenvalue weighted by molar-refractivity contribution is -0.146. The van der Waals surface area contributed by atoms with Crippen LogP contribution in [-0.4, -0.2) is 28.8 Å². The SMILES string of the molecule is CCOC(=O)C(NC1CCCCC1)c1c(C)n[nH]c1C. The normalized spacial score (nSPS) is 17.9. The number of aromatic amines is 1. The van der Waals surface area contributed by atoms with Crippen molar-refractivity contribution < 1.29 is 9.53 Å². The lowest BCUT2D eigenvalue weighted by Gasteiger charge is -2.27. The van der Waals surface area contributed by atoms with E-state index in [0.717, 1.165) is 29.8 Å². The molecule has 1 aromatic rings. The van der Waals surface area contributed by atoms with Crippen LogP contribution in [0, 0.1) is 13.8 Å². The van der Waals surface area contributed by atoms with E-state index < -0.39 is 6.04 Å². The van der Waals surface area contributed by atoms with E-state index in [1.807, 2.05) is 20.8 Å². The molecule has 0 saturated heterocycles. The highest BCUT2D eigenvalue weighted by Gasteiger charge is 2.29. The van der Waals surface area contributed by atoms with Crippen molar-refractivity contribution in [1.29, 1.82) is 0 Å². The number of aryl methyl sites for hydroxylation is 2. The molecule has 0 aromatic carbocycles. The molecule has 0 spiro atoms. The van der Waals surface area contributed by atoms with Gasteiger partial charge in [0, 0.05) is 17.3 Å². The van der Waals surface area contributed by atoms with E-state index in [9.17, 15) is 4.79 Å². The van der Waals surface area contributed by atoms with Gasteiger partial charge < -0.3 is 4.74 Å². The zero-order valence-electron chi connectivity index (χ0n) is 12.7. The Balaban J connectivity index is 2.18. The molecule has 112 valence electrons. The van der Waals surface area contributed by atoms with Crippen molar-refractivity contribution in [3.63, 3.8) is 0 Å². The van der Waals surface area contributed by atoms with Crippen LogP contribution in [0.1, 0.15) is 62.0 Å². The average Bonchev–Trinajstić information content (AvgIpc) is 2.77. The minimum Gasteiger partial charge on any atom is -0.465 e. The summed E-state index contributed by atoms with van der Waals surface area (Å²) in [5.74, 6) is -0.203. The second kappa shape index (κ2) is 6.88. The molecule has 2 rings (SSSR count). The van der Waals surface area contributed by atoms with Crippen molar-refractivity contribution in [2.24, 2.45) is 0 Å². The van der Waals surface area contributed by atoms with Crippen LogP contribution in [0.3, 0.4) is 0 Å². The Hall–Kier alpha value is -1.36. The van der Waals surface area contributed by atoms with E-state index >= 15 is 0 Å². The van der Waals surface area contributed by atoms with Crippen LogP contribution in [0.25, 0.3) is 0 Å². The molecule has 0 amide bonds. The molecule has 1 saturated carbocycles. The molecule has 1 unspecified atom stereocenters. The highest BCUT2D eigenvalue weighted by Crippen LogP contribution is 2.25. The molecule has 1 fully saturated rings. The quantitative estimate of drug-likeness (QED) is 0.813. The molecule has 1 atom stereocenters. The number of ether oxygens (including phenoxy) is 1. The fraction of sp³-hybridized carbons (Fsp3) is 0.733. The Kier molecular flexibility index (Phi) is 5.17. The topological polar surface area (TPSA) is 67.0 Å². The van der Waals surface area contributed by atoms with Crippen LogP contribution in [0.5, 0.6) is 0 Å². The van der Waals surface area contributed by atoms with Gasteiger partial charge in [0.15, 0.2) is 0 Å². The minimum absolute atomic E-state index is 0.203. The second-order valence-electron chi connectivity index (χ2n) is 5.53. The Morgan fingerprint density at radius 1 is 1.40 bits per heavy atom. The summed E-state index contributed by atoms with van der Waals surface area (Å²) < 4.78 is 5.24. The van der Waals surface area contributed by atoms with Crippen molar-refractivity contribution >= 4 is 5.97 Å². The van der Waals surface area contributed by atoms with E-state index in [4.69, 9.17) is 4.74 Å². The highest BCUT2D eigenvalue weighted by molar-refractivity contribution is 5.78. The van der Waals surface area contributed by atoms with Crippen molar-refractivity contribution in [3.05, 3.63) is 17.0 Å². The Labute approximate surface area is 120 Å². The molecule has 1 aliphatic carbocycles. The largest absolute Gasteiger partial charge is 0.465 e. The van der Waals surface area contributed by atoms with E-state index in [-0.39, 0.29) is 5.97 Å². The van der Waals surface area contributed by atoms with Crippen LogP contribution in [0.2, 0.25) is 0 Å². The second-order valence-corrected chi connectivity index (χ2v) is 5.53. The van der Waals surface area contributed by atoms with Gasteiger partial charge in [-0.15, -0.1) is 0 Å². The third kappa shape index (κ3) is 3.39. The van der Waals surface area contributed by atoms with Gasteiger partial charge in [0.2, 0.25) is 0 Å². The maximum atomic E-state index is 12.3. The first-order valence-electron chi connectivity index (χ1n) is 7.57. The van der Waals surface area contributed by atoms with Crippen molar-refractivity contribution in [2.45, 2.75) is 65.0 Å². The molecule has 0 radical (unpaired) electrons. The van der Waals surface area contributed by atoms with E-state index in [1.165, 1.54) is 19.3 Å². The maximum Gasteiger partial charge on any atom is 0.327 e. The summed E-state index contributed by atoms with van der Waals surface area (Å²) in [6.45, 7) is 6.11. The molecule has 1 aromatic heterocycles. The molecule has 5 nitrogen and oxygen atoms in total. The minimum atomic E-state index is -0.406. The van der Waals surface area contributed by atoms with Gasteiger partial charge in [0.1, 0.15) is 6.04 Å². The summed E-state index contributed by atoms with van der Waals surface area (Å²) in [5.41, 5.74) is 2.74. The first kappa shape index (κ1) is 15.0. The average molecular weight is 279 g/mol. The number of H-pyrrole nitrogens is 1. The summed E-state index contributed by atoms with van der Waals surface area (Å²) in [6.07, 6.45) is 6.02. The number of nitrogens with one attached hydrogen (secondary N) is 2. The standard InChI is InChI=1S/C15H25N3O2/c1-4-20-15(19)14(13-10(2)17-18-11(13)3)16-12-8-6-5-7-9-12/h12,14,16H,4-9H2,1-3H3,(H,17,18). The Morgan fingerprint density at radius 3 is 2.65 bits per heavy atom. The van der Waals surface area contributed by atoms with Crippen molar-refractivity contribution in [3.8, 4) is 0 Å². The molecule has 0 aliphatic heterocycles. The third-order valence-electron chi connectivity index (χ3n) is 4.00. The molecular formula is C15H25N3O2. The van der Waals surface area contributed by atoms with Crippen LogP contribution in [-0.2, 0) is 9.53 Å². The number of rotatable bonds is 5.